The zero-order valence-corrected chi connectivity index (χ0v) is 17.5. The second-order valence-electron chi connectivity index (χ2n) is 7.38. The van der Waals surface area contributed by atoms with E-state index in [-0.39, 0.29) is 23.6 Å². The number of esters is 1. The molecule has 5 nitrogen and oxygen atoms in total. The van der Waals surface area contributed by atoms with Gasteiger partial charge in [-0.1, -0.05) is 24.3 Å². The summed E-state index contributed by atoms with van der Waals surface area (Å²) in [5, 5.41) is 1.97. The van der Waals surface area contributed by atoms with Gasteiger partial charge in [-0.15, -0.1) is 11.3 Å². The average Bonchev–Trinajstić information content (AvgIpc) is 3.26. The molecule has 0 bridgehead atoms. The first-order valence-corrected chi connectivity index (χ1v) is 10.5. The first-order valence-electron chi connectivity index (χ1n) is 9.60. The van der Waals surface area contributed by atoms with E-state index in [2.05, 4.69) is 0 Å². The summed E-state index contributed by atoms with van der Waals surface area (Å²) < 4.78 is 10.6. The standard InChI is InChI=1S/C23H23NO4S/c1-13-20(23(26)28-3)22(19-9-6-10-29-19)21-16(24-13)11-14(12-17(21)25)15-7-4-5-8-18(15)27-2/h4-10,14,20,22H,11-12H2,1-3H3/t14-,20?,22-/m1/s1. The fourth-order valence-corrected chi connectivity index (χ4v) is 5.36. The van der Waals surface area contributed by atoms with Crippen molar-refractivity contribution in [2.24, 2.45) is 10.9 Å². The van der Waals surface area contributed by atoms with Crippen molar-refractivity contribution < 1.29 is 19.1 Å². The number of hydrogen-bond acceptors (Lipinski definition) is 6. The smallest absolute Gasteiger partial charge is 0.315 e. The number of hydrogen-bond donors (Lipinski definition) is 0. The Morgan fingerprint density at radius 2 is 1.93 bits per heavy atom. The molecule has 1 aliphatic carbocycles. The molecule has 3 atom stereocenters. The highest BCUT2D eigenvalue weighted by Crippen LogP contribution is 2.48. The summed E-state index contributed by atoms with van der Waals surface area (Å²) in [5.41, 5.74) is 3.17. The lowest BCUT2D eigenvalue weighted by Crippen LogP contribution is -2.37. The number of ether oxygens (including phenoxy) is 2. The summed E-state index contributed by atoms with van der Waals surface area (Å²) in [6, 6.07) is 11.7. The number of ketones is 1. The van der Waals surface area contributed by atoms with Crippen molar-refractivity contribution in [1.29, 1.82) is 0 Å². The third-order valence-electron chi connectivity index (χ3n) is 5.77. The molecule has 29 heavy (non-hydrogen) atoms. The summed E-state index contributed by atoms with van der Waals surface area (Å²) in [7, 11) is 3.02. The van der Waals surface area contributed by atoms with Gasteiger partial charge in [-0.25, -0.2) is 0 Å². The minimum Gasteiger partial charge on any atom is -0.496 e. The SMILES string of the molecule is COC(=O)C1C(C)=NC2=C(C(=O)C[C@H](c3ccccc3OC)C2)[C@@H]1c1cccs1. The number of aliphatic imine (C=N–C) groups is 1. The number of allylic oxidation sites excluding steroid dienone is 2. The van der Waals surface area contributed by atoms with Crippen LogP contribution in [-0.4, -0.2) is 31.7 Å². The van der Waals surface area contributed by atoms with Crippen molar-refractivity contribution in [2.45, 2.75) is 31.6 Å². The van der Waals surface area contributed by atoms with Crippen LogP contribution >= 0.6 is 11.3 Å². The second-order valence-corrected chi connectivity index (χ2v) is 8.36. The van der Waals surface area contributed by atoms with Gasteiger partial charge < -0.3 is 9.47 Å². The predicted molar refractivity (Wildman–Crippen MR) is 113 cm³/mol. The molecule has 2 aromatic rings. The summed E-state index contributed by atoms with van der Waals surface area (Å²) >= 11 is 1.55. The van der Waals surface area contributed by atoms with Crippen LogP contribution in [0.5, 0.6) is 5.75 Å². The van der Waals surface area contributed by atoms with Gasteiger partial charge in [0.05, 0.1) is 14.2 Å². The highest BCUT2D eigenvalue weighted by atomic mass is 32.1. The molecule has 6 heteroatoms. The Morgan fingerprint density at radius 1 is 1.14 bits per heavy atom. The number of Topliss-reactive ketones (excluding diaryl/α,β-unsaturated/α-hetero) is 1. The van der Waals surface area contributed by atoms with Gasteiger partial charge in [0.25, 0.3) is 0 Å². The highest BCUT2D eigenvalue weighted by molar-refractivity contribution is 7.10. The van der Waals surface area contributed by atoms with Crippen molar-refractivity contribution in [3.05, 3.63) is 63.5 Å². The Morgan fingerprint density at radius 3 is 2.62 bits per heavy atom. The lowest BCUT2D eigenvalue weighted by Gasteiger charge is -2.35. The molecule has 150 valence electrons. The molecular formula is C23H23NO4S. The number of methoxy groups -OCH3 is 2. The summed E-state index contributed by atoms with van der Waals surface area (Å²) in [4.78, 5) is 31.7. The van der Waals surface area contributed by atoms with Gasteiger partial charge in [0.1, 0.15) is 11.7 Å². The van der Waals surface area contributed by atoms with Crippen molar-refractivity contribution in [2.75, 3.05) is 14.2 Å². The fourth-order valence-electron chi connectivity index (χ4n) is 4.49. The summed E-state index contributed by atoms with van der Waals surface area (Å²) in [5.74, 6) is -0.410. The number of thiophene rings is 1. The van der Waals surface area contributed by atoms with E-state index in [0.29, 0.717) is 24.1 Å². The minimum absolute atomic E-state index is 0.00705. The van der Waals surface area contributed by atoms with E-state index < -0.39 is 5.92 Å². The van der Waals surface area contributed by atoms with Crippen LogP contribution in [0.3, 0.4) is 0 Å². The lowest BCUT2D eigenvalue weighted by atomic mass is 9.71. The predicted octanol–water partition coefficient (Wildman–Crippen LogP) is 4.50. The van der Waals surface area contributed by atoms with E-state index >= 15 is 0 Å². The van der Waals surface area contributed by atoms with E-state index in [1.54, 1.807) is 18.4 Å². The fraction of sp³-hybridized carbons (Fsp3) is 0.348. The monoisotopic (exact) mass is 409 g/mol. The maximum absolute atomic E-state index is 13.4. The highest BCUT2D eigenvalue weighted by Gasteiger charge is 2.45. The summed E-state index contributed by atoms with van der Waals surface area (Å²) in [6.07, 6.45) is 1.03. The molecule has 1 aromatic carbocycles. The zero-order chi connectivity index (χ0) is 20.5. The van der Waals surface area contributed by atoms with Gasteiger partial charge in [-0.2, -0.15) is 0 Å². The number of benzene rings is 1. The Labute approximate surface area is 174 Å². The Balaban J connectivity index is 1.79. The first kappa shape index (κ1) is 19.6. The molecule has 2 aliphatic rings. The largest absolute Gasteiger partial charge is 0.496 e. The Hall–Kier alpha value is -2.73. The molecule has 1 unspecified atom stereocenters. The van der Waals surface area contributed by atoms with Crippen LogP contribution in [-0.2, 0) is 14.3 Å². The van der Waals surface area contributed by atoms with Crippen LogP contribution in [0.1, 0.15) is 42.0 Å². The van der Waals surface area contributed by atoms with Crippen LogP contribution in [0.25, 0.3) is 0 Å². The maximum atomic E-state index is 13.4. The van der Waals surface area contributed by atoms with Gasteiger partial charge in [0.2, 0.25) is 0 Å². The molecule has 0 spiro atoms. The van der Waals surface area contributed by atoms with Crippen LogP contribution in [0.2, 0.25) is 0 Å². The quantitative estimate of drug-likeness (QED) is 0.697. The normalized spacial score (nSPS) is 24.0. The number of rotatable bonds is 4. The Kier molecular flexibility index (Phi) is 5.37. The molecule has 1 aliphatic heterocycles. The third-order valence-corrected chi connectivity index (χ3v) is 6.73. The molecule has 0 radical (unpaired) electrons. The van der Waals surface area contributed by atoms with Crippen molar-refractivity contribution in [3.8, 4) is 5.75 Å². The van der Waals surface area contributed by atoms with E-state index in [1.165, 1.54) is 7.11 Å². The van der Waals surface area contributed by atoms with Gasteiger partial charge in [0, 0.05) is 40.1 Å². The number of carbonyl (C=O) groups is 2. The maximum Gasteiger partial charge on any atom is 0.315 e. The molecule has 2 heterocycles. The van der Waals surface area contributed by atoms with Crippen LogP contribution in [0.15, 0.2) is 58.0 Å². The molecule has 0 amide bonds. The van der Waals surface area contributed by atoms with Crippen LogP contribution in [0.4, 0.5) is 0 Å². The Bertz CT molecular complexity index is 1010. The number of carbonyl (C=O) groups excluding carboxylic acids is 2. The molecule has 0 N–H and O–H groups in total. The summed E-state index contributed by atoms with van der Waals surface area (Å²) in [6.45, 7) is 1.85. The molecule has 4 rings (SSSR count). The second kappa shape index (κ2) is 7.95. The number of nitrogens with zero attached hydrogens (tertiary/aromatic N) is 1. The zero-order valence-electron chi connectivity index (χ0n) is 16.7. The minimum atomic E-state index is -0.566. The average molecular weight is 410 g/mol. The van der Waals surface area contributed by atoms with Crippen molar-refractivity contribution >= 4 is 28.8 Å². The van der Waals surface area contributed by atoms with Gasteiger partial charge >= 0.3 is 5.97 Å². The van der Waals surface area contributed by atoms with Crippen molar-refractivity contribution in [1.82, 2.24) is 0 Å². The molecule has 0 fully saturated rings. The van der Waals surface area contributed by atoms with Crippen LogP contribution in [0, 0.1) is 5.92 Å². The van der Waals surface area contributed by atoms with Crippen molar-refractivity contribution in [3.63, 3.8) is 0 Å². The van der Waals surface area contributed by atoms with E-state index in [4.69, 9.17) is 14.5 Å². The number of para-hydroxylation sites is 1. The molecule has 0 saturated carbocycles. The topological polar surface area (TPSA) is 65.0 Å². The third kappa shape index (κ3) is 3.42. The molecule has 0 saturated heterocycles. The molecular weight excluding hydrogens is 386 g/mol. The first-order chi connectivity index (χ1) is 14.0. The van der Waals surface area contributed by atoms with E-state index in [0.717, 1.165) is 21.9 Å². The lowest BCUT2D eigenvalue weighted by molar-refractivity contribution is -0.143. The van der Waals surface area contributed by atoms with E-state index in [1.807, 2.05) is 48.7 Å². The van der Waals surface area contributed by atoms with Gasteiger partial charge in [-0.3, -0.25) is 14.6 Å². The van der Waals surface area contributed by atoms with Gasteiger partial charge in [0.15, 0.2) is 5.78 Å². The van der Waals surface area contributed by atoms with Gasteiger partial charge in [-0.05, 0) is 36.4 Å². The van der Waals surface area contributed by atoms with E-state index in [9.17, 15) is 9.59 Å². The van der Waals surface area contributed by atoms with Crippen LogP contribution < -0.4 is 4.74 Å². The molecule has 1 aromatic heterocycles.